The number of ether oxygens (including phenoxy) is 4. The summed E-state index contributed by atoms with van der Waals surface area (Å²) < 4.78 is 21.7. The van der Waals surface area contributed by atoms with Crippen LogP contribution in [0.5, 0.6) is 11.5 Å². The molecule has 4 N–H and O–H groups in total. The maximum atomic E-state index is 12.4. The van der Waals surface area contributed by atoms with Crippen molar-refractivity contribution in [2.75, 3.05) is 58.1 Å². The molecule has 11 heteroatoms. The van der Waals surface area contributed by atoms with Gasteiger partial charge < -0.3 is 40.0 Å². The second kappa shape index (κ2) is 12.0. The molecule has 3 atom stereocenters. The lowest BCUT2D eigenvalue weighted by Crippen LogP contribution is -2.50. The van der Waals surface area contributed by atoms with Gasteiger partial charge in [0.1, 0.15) is 6.10 Å². The monoisotopic (exact) mass is 476 g/mol. The predicted octanol–water partition coefficient (Wildman–Crippen LogP) is 0.450. The zero-order chi connectivity index (χ0) is 23.8. The van der Waals surface area contributed by atoms with Gasteiger partial charge in [-0.2, -0.15) is 0 Å². The van der Waals surface area contributed by atoms with Crippen LogP contribution in [0.25, 0.3) is 0 Å². The standard InChI is InChI=1S/C23H32N4O7/c28-14-21-18(26-23(30)25-16-2-5-19-20(12-16)33-15-32-19)4-3-17(34-21)13-22(29)24-6-1-7-27-8-10-31-11-9-27/h2-5,12,17-18,21,28H,1,6-11,13-15H2,(H,24,29)(H2,25,26,30)/t17-,18+,21+/m0/s1. The second-order valence-corrected chi connectivity index (χ2v) is 8.33. The fourth-order valence-corrected chi connectivity index (χ4v) is 4.04. The molecule has 1 fully saturated rings. The number of amides is 3. The summed E-state index contributed by atoms with van der Waals surface area (Å²) in [7, 11) is 0. The second-order valence-electron chi connectivity index (χ2n) is 8.33. The quantitative estimate of drug-likeness (QED) is 0.299. The number of rotatable bonds is 9. The molecule has 1 aromatic carbocycles. The minimum Gasteiger partial charge on any atom is -0.454 e. The number of benzene rings is 1. The number of anilines is 1. The van der Waals surface area contributed by atoms with E-state index < -0.39 is 24.3 Å². The highest BCUT2D eigenvalue weighted by molar-refractivity contribution is 5.90. The molecular weight excluding hydrogens is 444 g/mol. The first-order valence-corrected chi connectivity index (χ1v) is 11.6. The Morgan fingerprint density at radius 2 is 1.94 bits per heavy atom. The highest BCUT2D eigenvalue weighted by Crippen LogP contribution is 2.34. The number of morpholine rings is 1. The summed E-state index contributed by atoms with van der Waals surface area (Å²) in [5.74, 6) is 1.08. The molecule has 0 bridgehead atoms. The third kappa shape index (κ3) is 6.83. The van der Waals surface area contributed by atoms with Crippen molar-refractivity contribution in [3.63, 3.8) is 0 Å². The lowest BCUT2D eigenvalue weighted by molar-refractivity contribution is -0.125. The van der Waals surface area contributed by atoms with Crippen LogP contribution in [-0.2, 0) is 14.3 Å². The van der Waals surface area contributed by atoms with Gasteiger partial charge in [-0.05, 0) is 25.1 Å². The van der Waals surface area contributed by atoms with E-state index in [2.05, 4.69) is 20.9 Å². The minimum absolute atomic E-state index is 0.111. The maximum Gasteiger partial charge on any atom is 0.319 e. The number of hydrogen-bond acceptors (Lipinski definition) is 8. The van der Waals surface area contributed by atoms with E-state index in [1.54, 1.807) is 30.4 Å². The molecule has 3 aliphatic heterocycles. The number of nitrogens with one attached hydrogen (secondary N) is 3. The summed E-state index contributed by atoms with van der Waals surface area (Å²) in [5, 5.41) is 18.2. The first-order valence-electron chi connectivity index (χ1n) is 11.6. The van der Waals surface area contributed by atoms with E-state index in [0.29, 0.717) is 23.7 Å². The topological polar surface area (TPSA) is 131 Å². The van der Waals surface area contributed by atoms with E-state index in [-0.39, 0.29) is 25.7 Å². The van der Waals surface area contributed by atoms with Crippen LogP contribution in [0.4, 0.5) is 10.5 Å². The summed E-state index contributed by atoms with van der Waals surface area (Å²) in [6.07, 6.45) is 3.39. The van der Waals surface area contributed by atoms with Crippen LogP contribution in [0.1, 0.15) is 12.8 Å². The van der Waals surface area contributed by atoms with Gasteiger partial charge in [-0.3, -0.25) is 9.69 Å². The molecule has 0 aliphatic carbocycles. The Labute approximate surface area is 198 Å². The van der Waals surface area contributed by atoms with Gasteiger partial charge in [0.15, 0.2) is 11.5 Å². The van der Waals surface area contributed by atoms with Crippen molar-refractivity contribution in [1.29, 1.82) is 0 Å². The van der Waals surface area contributed by atoms with E-state index in [9.17, 15) is 14.7 Å². The lowest BCUT2D eigenvalue weighted by Gasteiger charge is -2.31. The van der Waals surface area contributed by atoms with E-state index in [4.69, 9.17) is 18.9 Å². The van der Waals surface area contributed by atoms with Crippen molar-refractivity contribution < 1.29 is 33.6 Å². The summed E-state index contributed by atoms with van der Waals surface area (Å²) in [5.41, 5.74) is 0.547. The molecule has 0 unspecified atom stereocenters. The first kappa shape index (κ1) is 24.3. The Morgan fingerprint density at radius 3 is 2.76 bits per heavy atom. The fraction of sp³-hybridized carbons (Fsp3) is 0.565. The van der Waals surface area contributed by atoms with Gasteiger partial charge in [-0.15, -0.1) is 0 Å². The Hall–Kier alpha value is -2.86. The highest BCUT2D eigenvalue weighted by atomic mass is 16.7. The maximum absolute atomic E-state index is 12.4. The van der Waals surface area contributed by atoms with Crippen LogP contribution in [-0.4, -0.2) is 93.0 Å². The molecule has 3 amide bonds. The van der Waals surface area contributed by atoms with Gasteiger partial charge >= 0.3 is 6.03 Å². The molecule has 11 nitrogen and oxygen atoms in total. The van der Waals surface area contributed by atoms with Gasteiger partial charge in [0, 0.05) is 31.4 Å². The molecule has 0 spiro atoms. The minimum atomic E-state index is -0.661. The summed E-state index contributed by atoms with van der Waals surface area (Å²) in [6, 6.07) is 4.11. The van der Waals surface area contributed by atoms with Crippen LogP contribution in [0.3, 0.4) is 0 Å². The molecular formula is C23H32N4O7. The Kier molecular flexibility index (Phi) is 8.58. The average Bonchev–Trinajstić information content (AvgIpc) is 3.31. The Bertz CT molecular complexity index is 875. The first-order chi connectivity index (χ1) is 16.6. The van der Waals surface area contributed by atoms with Gasteiger partial charge in [-0.1, -0.05) is 12.2 Å². The van der Waals surface area contributed by atoms with Crippen LogP contribution >= 0.6 is 0 Å². The van der Waals surface area contributed by atoms with Crippen LogP contribution < -0.4 is 25.4 Å². The van der Waals surface area contributed by atoms with Crippen molar-refractivity contribution in [3.05, 3.63) is 30.4 Å². The normalized spacial score (nSPS) is 24.0. The smallest absolute Gasteiger partial charge is 0.319 e. The summed E-state index contributed by atoms with van der Waals surface area (Å²) >= 11 is 0. The largest absolute Gasteiger partial charge is 0.454 e. The molecule has 0 saturated carbocycles. The third-order valence-electron chi connectivity index (χ3n) is 5.85. The van der Waals surface area contributed by atoms with Crippen molar-refractivity contribution in [2.24, 2.45) is 0 Å². The number of nitrogens with zero attached hydrogens (tertiary/aromatic N) is 1. The number of fused-ring (bicyclic) bond motifs is 1. The number of urea groups is 1. The zero-order valence-corrected chi connectivity index (χ0v) is 19.0. The Morgan fingerprint density at radius 1 is 1.12 bits per heavy atom. The molecule has 1 aromatic rings. The molecule has 186 valence electrons. The van der Waals surface area contributed by atoms with E-state index in [1.165, 1.54) is 0 Å². The number of carbonyl (C=O) groups excluding carboxylic acids is 2. The summed E-state index contributed by atoms with van der Waals surface area (Å²) in [6.45, 7) is 4.78. The van der Waals surface area contributed by atoms with Crippen molar-refractivity contribution in [1.82, 2.24) is 15.5 Å². The van der Waals surface area contributed by atoms with E-state index in [1.807, 2.05) is 0 Å². The zero-order valence-electron chi connectivity index (χ0n) is 19.0. The molecule has 0 radical (unpaired) electrons. The van der Waals surface area contributed by atoms with Crippen LogP contribution in [0, 0.1) is 0 Å². The fourth-order valence-electron chi connectivity index (χ4n) is 4.04. The van der Waals surface area contributed by atoms with Crippen LogP contribution in [0.2, 0.25) is 0 Å². The van der Waals surface area contributed by atoms with Crippen molar-refractivity contribution >= 4 is 17.6 Å². The highest BCUT2D eigenvalue weighted by Gasteiger charge is 2.29. The average molecular weight is 477 g/mol. The van der Waals surface area contributed by atoms with Gasteiger partial charge in [0.2, 0.25) is 12.7 Å². The van der Waals surface area contributed by atoms with Gasteiger partial charge in [-0.25, -0.2) is 4.79 Å². The number of aliphatic hydroxyl groups is 1. The summed E-state index contributed by atoms with van der Waals surface area (Å²) in [4.78, 5) is 27.0. The Balaban J connectivity index is 1.18. The number of hydrogen-bond donors (Lipinski definition) is 4. The molecule has 3 aliphatic rings. The third-order valence-corrected chi connectivity index (χ3v) is 5.85. The SMILES string of the molecule is O=C(C[C@@H]1C=C[C@@H](NC(=O)Nc2ccc3c(c2)OCO3)[C@@H](CO)O1)NCCCN1CCOCC1. The molecule has 4 rings (SSSR count). The van der Waals surface area contributed by atoms with Crippen LogP contribution in [0.15, 0.2) is 30.4 Å². The number of aliphatic hydroxyl groups excluding tert-OH is 1. The van der Waals surface area contributed by atoms with Gasteiger partial charge in [0.25, 0.3) is 0 Å². The predicted molar refractivity (Wildman–Crippen MR) is 123 cm³/mol. The van der Waals surface area contributed by atoms with Crippen molar-refractivity contribution in [3.8, 4) is 11.5 Å². The molecule has 1 saturated heterocycles. The van der Waals surface area contributed by atoms with E-state index >= 15 is 0 Å². The van der Waals surface area contributed by atoms with E-state index in [0.717, 1.165) is 39.3 Å². The molecule has 0 aromatic heterocycles. The lowest BCUT2D eigenvalue weighted by atomic mass is 10.0. The van der Waals surface area contributed by atoms with Crippen molar-refractivity contribution in [2.45, 2.75) is 31.1 Å². The molecule has 3 heterocycles. The van der Waals surface area contributed by atoms with Gasteiger partial charge in [0.05, 0.1) is 38.4 Å². The number of carbonyl (C=O) groups is 2. The molecule has 34 heavy (non-hydrogen) atoms.